The van der Waals surface area contributed by atoms with E-state index >= 15 is 0 Å². The van der Waals surface area contributed by atoms with Crippen molar-refractivity contribution in [2.24, 2.45) is 11.8 Å². The predicted octanol–water partition coefficient (Wildman–Crippen LogP) is 6.16. The number of aromatic nitrogens is 2. The van der Waals surface area contributed by atoms with Crippen LogP contribution in [0.5, 0.6) is 0 Å². The summed E-state index contributed by atoms with van der Waals surface area (Å²) >= 11 is 1.32. The first-order valence-electron chi connectivity index (χ1n) is 13.8. The summed E-state index contributed by atoms with van der Waals surface area (Å²) < 4.78 is 63.9. The maximum absolute atomic E-state index is 12.9. The molecular formula is C29H33F3N4O3S2. The van der Waals surface area contributed by atoms with Gasteiger partial charge in [-0.1, -0.05) is 51.3 Å². The fraction of sp³-hybridized carbons (Fsp3) is 0.483. The number of rotatable bonds is 10. The lowest BCUT2D eigenvalue weighted by atomic mass is 9.84. The van der Waals surface area contributed by atoms with E-state index in [-0.39, 0.29) is 30.2 Å². The molecule has 220 valence electrons. The van der Waals surface area contributed by atoms with E-state index in [1.54, 1.807) is 24.3 Å². The lowest BCUT2D eigenvalue weighted by Gasteiger charge is -2.27. The minimum atomic E-state index is -4.48. The van der Waals surface area contributed by atoms with Crippen molar-refractivity contribution in [1.82, 2.24) is 20.2 Å². The molecule has 0 spiro atoms. The number of nitrogens with one attached hydrogen (secondary N) is 1. The number of carbonyl (C=O) groups is 1. The molecule has 1 aliphatic heterocycles. The van der Waals surface area contributed by atoms with Gasteiger partial charge >= 0.3 is 6.18 Å². The number of hydrogen-bond acceptors (Lipinski definition) is 7. The van der Waals surface area contributed by atoms with Gasteiger partial charge in [0.25, 0.3) is 5.91 Å². The number of halogens is 3. The van der Waals surface area contributed by atoms with Crippen molar-refractivity contribution in [1.29, 1.82) is 0 Å². The SMILES string of the molecule is CC(C)[C@H]1c2nc(C(=O)NCc3ccc(S(=O)(=O)CCC4CCC4)cc3)sc2CN1Cc1ccc(C(F)(F)F)nc1. The van der Waals surface area contributed by atoms with Crippen molar-refractivity contribution in [2.45, 2.75) is 76.3 Å². The Morgan fingerprint density at radius 2 is 1.83 bits per heavy atom. The summed E-state index contributed by atoms with van der Waals surface area (Å²) in [5.74, 6) is 0.558. The molecule has 3 heterocycles. The maximum Gasteiger partial charge on any atom is 0.433 e. The Morgan fingerprint density at radius 1 is 1.12 bits per heavy atom. The number of alkyl halides is 3. The standard InChI is InChI=1S/C29H33F3N4O3S2/c1-18(2)26-25-23(17-36(26)16-21-8-11-24(33-15-21)29(30,31)32)40-28(35-25)27(37)34-14-20-6-9-22(10-7-20)41(38,39)13-12-19-4-3-5-19/h6-11,15,18-19,26H,3-5,12-14,16-17H2,1-2H3,(H,34,37)/t26-/m0/s1. The summed E-state index contributed by atoms with van der Waals surface area (Å²) in [5, 5.41) is 3.23. The van der Waals surface area contributed by atoms with Crippen LogP contribution in [0.15, 0.2) is 47.5 Å². The average molecular weight is 607 g/mol. The van der Waals surface area contributed by atoms with Crippen molar-refractivity contribution in [3.05, 3.63) is 75.0 Å². The number of carbonyl (C=O) groups excluding carboxylic acids is 1. The zero-order chi connectivity index (χ0) is 29.4. The number of thiazole rings is 1. The van der Waals surface area contributed by atoms with Crippen molar-refractivity contribution in [3.8, 4) is 0 Å². The van der Waals surface area contributed by atoms with Crippen LogP contribution < -0.4 is 5.32 Å². The molecule has 1 aliphatic carbocycles. The Kier molecular flexibility index (Phi) is 8.54. The van der Waals surface area contributed by atoms with E-state index < -0.39 is 21.7 Å². The molecule has 0 bridgehead atoms. The van der Waals surface area contributed by atoms with Crippen LogP contribution in [0.1, 0.15) is 82.8 Å². The van der Waals surface area contributed by atoms with Crippen LogP contribution in [0.25, 0.3) is 0 Å². The molecule has 2 aromatic heterocycles. The Balaban J connectivity index is 1.18. The molecule has 0 saturated heterocycles. The lowest BCUT2D eigenvalue weighted by Crippen LogP contribution is -2.27. The first kappa shape index (κ1) is 29.7. The lowest BCUT2D eigenvalue weighted by molar-refractivity contribution is -0.141. The van der Waals surface area contributed by atoms with Crippen LogP contribution in [0, 0.1) is 11.8 Å². The normalized spacial score (nSPS) is 18.0. The number of sulfone groups is 1. The minimum absolute atomic E-state index is 0.0797. The smallest absolute Gasteiger partial charge is 0.346 e. The van der Waals surface area contributed by atoms with Gasteiger partial charge in [0.2, 0.25) is 0 Å². The van der Waals surface area contributed by atoms with Crippen LogP contribution in [0.2, 0.25) is 0 Å². The first-order chi connectivity index (χ1) is 19.4. The zero-order valence-corrected chi connectivity index (χ0v) is 24.6. The van der Waals surface area contributed by atoms with Crippen LogP contribution in [0.4, 0.5) is 13.2 Å². The number of pyridine rings is 1. The van der Waals surface area contributed by atoms with Gasteiger partial charge in [0.1, 0.15) is 5.69 Å². The van der Waals surface area contributed by atoms with Gasteiger partial charge in [0.15, 0.2) is 14.8 Å². The van der Waals surface area contributed by atoms with Crippen molar-refractivity contribution in [3.63, 3.8) is 0 Å². The van der Waals surface area contributed by atoms with Gasteiger partial charge in [-0.3, -0.25) is 14.7 Å². The maximum atomic E-state index is 12.9. The number of hydrogen-bond donors (Lipinski definition) is 1. The highest BCUT2D eigenvalue weighted by molar-refractivity contribution is 7.91. The van der Waals surface area contributed by atoms with Crippen LogP contribution in [-0.4, -0.2) is 34.9 Å². The Bertz CT molecular complexity index is 1480. The molecule has 1 aromatic carbocycles. The predicted molar refractivity (Wildman–Crippen MR) is 150 cm³/mol. The number of amides is 1. The fourth-order valence-electron chi connectivity index (χ4n) is 5.37. The van der Waals surface area contributed by atoms with Crippen molar-refractivity contribution in [2.75, 3.05) is 5.75 Å². The highest BCUT2D eigenvalue weighted by Crippen LogP contribution is 2.42. The van der Waals surface area contributed by atoms with E-state index in [2.05, 4.69) is 20.2 Å². The number of nitrogens with zero attached hydrogens (tertiary/aromatic N) is 3. The molecule has 0 unspecified atom stereocenters. The Morgan fingerprint density at radius 3 is 2.41 bits per heavy atom. The van der Waals surface area contributed by atoms with Gasteiger partial charge in [-0.25, -0.2) is 13.4 Å². The monoisotopic (exact) mass is 606 g/mol. The van der Waals surface area contributed by atoms with Crippen LogP contribution >= 0.6 is 11.3 Å². The second kappa shape index (κ2) is 11.8. The molecule has 2 aliphatic rings. The molecule has 1 N–H and O–H groups in total. The highest BCUT2D eigenvalue weighted by atomic mass is 32.2. The number of fused-ring (bicyclic) bond motifs is 1. The van der Waals surface area contributed by atoms with Gasteiger partial charge in [0, 0.05) is 30.7 Å². The molecule has 12 heteroatoms. The van der Waals surface area contributed by atoms with E-state index in [0.29, 0.717) is 40.9 Å². The molecule has 1 fully saturated rings. The molecular weight excluding hydrogens is 573 g/mol. The summed E-state index contributed by atoms with van der Waals surface area (Å²) in [4.78, 5) is 24.6. The van der Waals surface area contributed by atoms with Gasteiger partial charge in [-0.05, 0) is 47.6 Å². The topological polar surface area (TPSA) is 92.3 Å². The largest absolute Gasteiger partial charge is 0.433 e. The average Bonchev–Trinajstić information content (AvgIpc) is 3.44. The van der Waals surface area contributed by atoms with E-state index in [1.165, 1.54) is 30.0 Å². The second-order valence-corrected chi connectivity index (χ2v) is 14.4. The fourth-order valence-corrected chi connectivity index (χ4v) is 7.84. The van der Waals surface area contributed by atoms with Crippen molar-refractivity contribution < 1.29 is 26.4 Å². The molecule has 1 atom stereocenters. The van der Waals surface area contributed by atoms with Crippen molar-refractivity contribution >= 4 is 27.1 Å². The molecule has 1 amide bonds. The summed E-state index contributed by atoms with van der Waals surface area (Å²) in [6.45, 7) is 5.31. The molecule has 7 nitrogen and oxygen atoms in total. The third-order valence-corrected chi connectivity index (χ3v) is 10.6. The van der Waals surface area contributed by atoms with Crippen LogP contribution in [0.3, 0.4) is 0 Å². The molecule has 41 heavy (non-hydrogen) atoms. The quantitative estimate of drug-likeness (QED) is 0.297. The Hall–Kier alpha value is -2.83. The summed E-state index contributed by atoms with van der Waals surface area (Å²) in [6, 6.07) is 9.01. The summed E-state index contributed by atoms with van der Waals surface area (Å²) in [7, 11) is -3.31. The first-order valence-corrected chi connectivity index (χ1v) is 16.2. The summed E-state index contributed by atoms with van der Waals surface area (Å²) in [6.07, 6.45) is 0.918. The van der Waals surface area contributed by atoms with E-state index in [9.17, 15) is 26.4 Å². The minimum Gasteiger partial charge on any atom is -0.346 e. The highest BCUT2D eigenvalue weighted by Gasteiger charge is 2.37. The van der Waals surface area contributed by atoms with Gasteiger partial charge < -0.3 is 5.32 Å². The molecule has 0 radical (unpaired) electrons. The second-order valence-electron chi connectivity index (χ2n) is 11.2. The van der Waals surface area contributed by atoms with Gasteiger partial charge in [-0.2, -0.15) is 13.2 Å². The Labute approximate surface area is 242 Å². The zero-order valence-electron chi connectivity index (χ0n) is 22.9. The van der Waals surface area contributed by atoms with Crippen LogP contribution in [-0.2, 0) is 35.6 Å². The number of benzene rings is 1. The van der Waals surface area contributed by atoms with E-state index in [0.717, 1.165) is 35.0 Å². The van der Waals surface area contributed by atoms with Gasteiger partial charge in [-0.15, -0.1) is 11.3 Å². The van der Waals surface area contributed by atoms with E-state index in [1.807, 2.05) is 13.8 Å². The van der Waals surface area contributed by atoms with Gasteiger partial charge in [0.05, 0.1) is 22.4 Å². The third-order valence-electron chi connectivity index (χ3n) is 7.83. The molecule has 1 saturated carbocycles. The molecule has 3 aromatic rings. The molecule has 5 rings (SSSR count). The van der Waals surface area contributed by atoms with E-state index in [4.69, 9.17) is 0 Å². The third kappa shape index (κ3) is 6.81. The summed E-state index contributed by atoms with van der Waals surface area (Å²) in [5.41, 5.74) is 1.37.